The molecule has 0 saturated carbocycles. The molecule has 0 aliphatic rings. The van der Waals surface area contributed by atoms with Gasteiger partial charge in [0, 0.05) is 12.0 Å². The molecule has 1 rings (SSSR count). The maximum absolute atomic E-state index is 12.0. The van der Waals surface area contributed by atoms with Gasteiger partial charge in [0.05, 0.1) is 0 Å². The second-order valence-electron chi connectivity index (χ2n) is 3.51. The van der Waals surface area contributed by atoms with Crippen molar-refractivity contribution in [2.45, 2.75) is 25.9 Å². The maximum Gasteiger partial charge on any atom is 0.387 e. The average Bonchev–Trinajstić information content (AvgIpc) is 2.28. The van der Waals surface area contributed by atoms with Gasteiger partial charge in [0.25, 0.3) is 0 Å². The Kier molecular flexibility index (Phi) is 5.33. The monoisotopic (exact) mass is 240 g/mol. The number of carbonyl (C=O) groups is 1. The number of unbranched alkanes of at least 4 members (excludes halogenated alkanes) is 1. The molecule has 1 aromatic carbocycles. The van der Waals surface area contributed by atoms with Crippen LogP contribution in [-0.2, 0) is 0 Å². The third-order valence-corrected chi connectivity index (χ3v) is 2.19. The molecule has 17 heavy (non-hydrogen) atoms. The molecule has 0 aliphatic heterocycles. The van der Waals surface area contributed by atoms with Crippen LogP contribution in [0.4, 0.5) is 8.78 Å². The standard InChI is InChI=1S/C13H14F2O2/c1-2-3-4-8-12(16)10-6-5-7-11(9-10)17-13(14)15/h2,5-7,9,13H,1,3-4,8H2. The van der Waals surface area contributed by atoms with Gasteiger partial charge >= 0.3 is 6.61 Å². The summed E-state index contributed by atoms with van der Waals surface area (Å²) in [6.07, 6.45) is 3.59. The Hall–Kier alpha value is -1.71. The fraction of sp³-hybridized carbons (Fsp3) is 0.308. The van der Waals surface area contributed by atoms with Gasteiger partial charge < -0.3 is 4.74 Å². The Morgan fingerprint density at radius 3 is 2.88 bits per heavy atom. The molecular formula is C13H14F2O2. The lowest BCUT2D eigenvalue weighted by Gasteiger charge is -2.06. The van der Waals surface area contributed by atoms with Gasteiger partial charge in [-0.05, 0) is 25.0 Å². The van der Waals surface area contributed by atoms with E-state index in [9.17, 15) is 13.6 Å². The largest absolute Gasteiger partial charge is 0.435 e. The first-order valence-electron chi connectivity index (χ1n) is 5.32. The zero-order valence-electron chi connectivity index (χ0n) is 9.36. The number of ketones is 1. The Labute approximate surface area is 98.9 Å². The lowest BCUT2D eigenvalue weighted by atomic mass is 10.1. The second-order valence-corrected chi connectivity index (χ2v) is 3.51. The number of alkyl halides is 2. The minimum absolute atomic E-state index is 0.00886. The maximum atomic E-state index is 12.0. The topological polar surface area (TPSA) is 26.3 Å². The van der Waals surface area contributed by atoms with Crippen LogP contribution in [0, 0.1) is 0 Å². The first kappa shape index (κ1) is 13.4. The molecule has 2 nitrogen and oxygen atoms in total. The van der Waals surface area contributed by atoms with E-state index < -0.39 is 6.61 Å². The number of halogens is 2. The van der Waals surface area contributed by atoms with Gasteiger partial charge in [-0.1, -0.05) is 18.2 Å². The molecule has 92 valence electrons. The highest BCUT2D eigenvalue weighted by molar-refractivity contribution is 5.96. The average molecular weight is 240 g/mol. The normalized spacial score (nSPS) is 10.3. The first-order valence-corrected chi connectivity index (χ1v) is 5.32. The van der Waals surface area contributed by atoms with E-state index in [1.165, 1.54) is 18.2 Å². The predicted octanol–water partition coefficient (Wildman–Crippen LogP) is 3.83. The number of ether oxygens (including phenoxy) is 1. The molecule has 0 unspecified atom stereocenters. The molecule has 0 spiro atoms. The lowest BCUT2D eigenvalue weighted by molar-refractivity contribution is -0.0498. The molecule has 0 N–H and O–H groups in total. The number of allylic oxidation sites excluding steroid dienone is 1. The van der Waals surface area contributed by atoms with Gasteiger partial charge in [-0.3, -0.25) is 4.79 Å². The van der Waals surface area contributed by atoms with Gasteiger partial charge in [0.1, 0.15) is 5.75 Å². The Bertz CT molecular complexity index is 389. The van der Waals surface area contributed by atoms with E-state index in [-0.39, 0.29) is 11.5 Å². The molecule has 1 aromatic rings. The van der Waals surface area contributed by atoms with E-state index in [0.29, 0.717) is 18.4 Å². The second kappa shape index (κ2) is 6.78. The summed E-state index contributed by atoms with van der Waals surface area (Å²) in [5.74, 6) is -0.0684. The minimum Gasteiger partial charge on any atom is -0.435 e. The summed E-state index contributed by atoms with van der Waals surface area (Å²) in [6, 6.07) is 5.85. The number of hydrogen-bond donors (Lipinski definition) is 0. The highest BCUT2D eigenvalue weighted by atomic mass is 19.3. The molecule has 0 radical (unpaired) electrons. The number of carbonyl (C=O) groups excluding carboxylic acids is 1. The van der Waals surface area contributed by atoms with Crippen molar-refractivity contribution in [1.82, 2.24) is 0 Å². The van der Waals surface area contributed by atoms with E-state index in [1.807, 2.05) is 0 Å². The van der Waals surface area contributed by atoms with Crippen LogP contribution in [0.25, 0.3) is 0 Å². The van der Waals surface area contributed by atoms with Gasteiger partial charge in [0.15, 0.2) is 5.78 Å². The van der Waals surface area contributed by atoms with Crippen molar-refractivity contribution in [1.29, 1.82) is 0 Å². The van der Waals surface area contributed by atoms with Crippen LogP contribution < -0.4 is 4.74 Å². The van der Waals surface area contributed by atoms with Crippen molar-refractivity contribution in [2.75, 3.05) is 0 Å². The summed E-state index contributed by atoms with van der Waals surface area (Å²) in [5.41, 5.74) is 0.396. The Morgan fingerprint density at radius 2 is 2.24 bits per heavy atom. The van der Waals surface area contributed by atoms with Crippen molar-refractivity contribution in [3.8, 4) is 5.75 Å². The fourth-order valence-corrected chi connectivity index (χ4v) is 1.40. The summed E-state index contributed by atoms with van der Waals surface area (Å²) in [6.45, 7) is 0.688. The van der Waals surface area contributed by atoms with Crippen LogP contribution >= 0.6 is 0 Å². The number of rotatable bonds is 7. The van der Waals surface area contributed by atoms with E-state index >= 15 is 0 Å². The number of hydrogen-bond acceptors (Lipinski definition) is 2. The molecule has 0 amide bonds. The van der Waals surface area contributed by atoms with Crippen molar-refractivity contribution in [3.63, 3.8) is 0 Å². The molecule has 0 aromatic heterocycles. The van der Waals surface area contributed by atoms with Gasteiger partial charge in [0.2, 0.25) is 0 Å². The predicted molar refractivity (Wildman–Crippen MR) is 61.5 cm³/mol. The van der Waals surface area contributed by atoms with E-state index in [1.54, 1.807) is 12.1 Å². The van der Waals surface area contributed by atoms with Crippen LogP contribution in [-0.4, -0.2) is 12.4 Å². The van der Waals surface area contributed by atoms with Crippen LogP contribution in [0.2, 0.25) is 0 Å². The zero-order chi connectivity index (χ0) is 12.7. The summed E-state index contributed by atoms with van der Waals surface area (Å²) in [7, 11) is 0. The number of Topliss-reactive ketones (excluding diaryl/α,β-unsaturated/α-hetero) is 1. The van der Waals surface area contributed by atoms with Crippen LogP contribution in [0.15, 0.2) is 36.9 Å². The summed E-state index contributed by atoms with van der Waals surface area (Å²) < 4.78 is 28.2. The first-order chi connectivity index (χ1) is 8.13. The SMILES string of the molecule is C=CCCCC(=O)c1cccc(OC(F)F)c1. The molecule has 0 saturated heterocycles. The third kappa shape index (κ3) is 4.76. The Morgan fingerprint density at radius 1 is 1.47 bits per heavy atom. The highest BCUT2D eigenvalue weighted by Crippen LogP contribution is 2.17. The van der Waals surface area contributed by atoms with Crippen LogP contribution in [0.5, 0.6) is 5.75 Å². The quantitative estimate of drug-likeness (QED) is 0.411. The molecule has 0 heterocycles. The third-order valence-electron chi connectivity index (χ3n) is 2.19. The molecular weight excluding hydrogens is 226 g/mol. The van der Waals surface area contributed by atoms with Gasteiger partial charge in [-0.2, -0.15) is 8.78 Å². The van der Waals surface area contributed by atoms with Crippen molar-refractivity contribution >= 4 is 5.78 Å². The van der Waals surface area contributed by atoms with E-state index in [0.717, 1.165) is 6.42 Å². The molecule has 0 aliphatic carbocycles. The summed E-state index contributed by atoms with van der Waals surface area (Å²) in [4.78, 5) is 11.7. The molecule has 0 bridgehead atoms. The molecule has 0 atom stereocenters. The minimum atomic E-state index is -2.87. The zero-order valence-corrected chi connectivity index (χ0v) is 9.36. The van der Waals surface area contributed by atoms with Gasteiger partial charge in [-0.25, -0.2) is 0 Å². The Balaban J connectivity index is 2.63. The smallest absolute Gasteiger partial charge is 0.387 e. The van der Waals surface area contributed by atoms with Crippen molar-refractivity contribution in [2.24, 2.45) is 0 Å². The molecule has 4 heteroatoms. The number of benzene rings is 1. The van der Waals surface area contributed by atoms with Crippen LogP contribution in [0.3, 0.4) is 0 Å². The van der Waals surface area contributed by atoms with Gasteiger partial charge in [-0.15, -0.1) is 6.58 Å². The summed E-state index contributed by atoms with van der Waals surface area (Å²) >= 11 is 0. The fourth-order valence-electron chi connectivity index (χ4n) is 1.40. The highest BCUT2D eigenvalue weighted by Gasteiger charge is 2.09. The van der Waals surface area contributed by atoms with E-state index in [2.05, 4.69) is 11.3 Å². The van der Waals surface area contributed by atoms with Crippen molar-refractivity contribution < 1.29 is 18.3 Å². The van der Waals surface area contributed by atoms with Crippen molar-refractivity contribution in [3.05, 3.63) is 42.5 Å². The summed E-state index contributed by atoms with van der Waals surface area (Å²) in [5, 5.41) is 0. The van der Waals surface area contributed by atoms with Crippen LogP contribution in [0.1, 0.15) is 29.6 Å². The molecule has 0 fully saturated rings. The van der Waals surface area contributed by atoms with E-state index in [4.69, 9.17) is 0 Å². The lowest BCUT2D eigenvalue weighted by Crippen LogP contribution is -2.04.